The third-order valence-corrected chi connectivity index (χ3v) is 4.81. The Kier molecular flexibility index (Phi) is 5.33. The van der Waals surface area contributed by atoms with Crippen LogP contribution in [-0.4, -0.2) is 30.4 Å². The molecule has 4 nitrogen and oxygen atoms in total. The minimum absolute atomic E-state index is 0.142. The van der Waals surface area contributed by atoms with Crippen LogP contribution >= 0.6 is 0 Å². The van der Waals surface area contributed by atoms with Crippen LogP contribution in [-0.2, 0) is 4.79 Å². The summed E-state index contributed by atoms with van der Waals surface area (Å²) in [6.45, 7) is 2.83. The van der Waals surface area contributed by atoms with E-state index < -0.39 is 0 Å². The lowest BCUT2D eigenvalue weighted by Gasteiger charge is -2.33. The highest BCUT2D eigenvalue weighted by Gasteiger charge is 2.26. The molecule has 0 saturated carbocycles. The average molecular weight is 302 g/mol. The van der Waals surface area contributed by atoms with E-state index in [2.05, 4.69) is 22.4 Å². The highest BCUT2D eigenvalue weighted by Crippen LogP contribution is 2.25. The lowest BCUT2D eigenvalue weighted by molar-refractivity contribution is -0.125. The van der Waals surface area contributed by atoms with E-state index in [4.69, 9.17) is 4.42 Å². The molecule has 0 unspecified atom stereocenters. The maximum absolute atomic E-state index is 12.4. The molecule has 0 radical (unpaired) electrons. The minimum Gasteiger partial charge on any atom is -0.468 e. The van der Waals surface area contributed by atoms with Crippen LogP contribution in [0.15, 0.2) is 35.0 Å². The second kappa shape index (κ2) is 7.63. The topological polar surface area (TPSA) is 45.5 Å². The summed E-state index contributed by atoms with van der Waals surface area (Å²) in [6, 6.07) is 4.12. The molecule has 0 spiro atoms. The van der Waals surface area contributed by atoms with Crippen LogP contribution in [0.1, 0.15) is 50.3 Å². The Morgan fingerprint density at radius 2 is 2.18 bits per heavy atom. The number of rotatable bonds is 5. The van der Waals surface area contributed by atoms with Gasteiger partial charge in [0.25, 0.3) is 0 Å². The first-order valence-electron chi connectivity index (χ1n) is 8.55. The lowest BCUT2D eigenvalue weighted by Crippen LogP contribution is -2.42. The van der Waals surface area contributed by atoms with Crippen molar-refractivity contribution in [2.75, 3.05) is 19.6 Å². The highest BCUT2D eigenvalue weighted by atomic mass is 16.3. The molecule has 3 rings (SSSR count). The summed E-state index contributed by atoms with van der Waals surface area (Å²) in [5.41, 5.74) is 0. The number of furan rings is 1. The normalized spacial score (nSPS) is 24.1. The number of amides is 1. The molecule has 2 heterocycles. The maximum Gasteiger partial charge on any atom is 0.223 e. The third kappa shape index (κ3) is 3.80. The van der Waals surface area contributed by atoms with Crippen molar-refractivity contribution >= 4 is 5.91 Å². The molecule has 1 saturated heterocycles. The zero-order chi connectivity index (χ0) is 15.2. The molecule has 2 aliphatic rings. The Bertz CT molecular complexity index is 489. The van der Waals surface area contributed by atoms with Gasteiger partial charge in [0, 0.05) is 12.5 Å². The van der Waals surface area contributed by atoms with Gasteiger partial charge in [0.05, 0.1) is 12.3 Å². The van der Waals surface area contributed by atoms with Crippen molar-refractivity contribution in [3.63, 3.8) is 0 Å². The van der Waals surface area contributed by atoms with Gasteiger partial charge in [-0.1, -0.05) is 18.6 Å². The predicted octanol–water partition coefficient (Wildman–Crippen LogP) is 3.28. The van der Waals surface area contributed by atoms with Crippen LogP contribution < -0.4 is 5.32 Å². The van der Waals surface area contributed by atoms with Crippen LogP contribution in [0.3, 0.4) is 0 Å². The van der Waals surface area contributed by atoms with Gasteiger partial charge in [0.15, 0.2) is 0 Å². The van der Waals surface area contributed by atoms with E-state index in [1.807, 2.05) is 12.1 Å². The minimum atomic E-state index is 0.142. The first kappa shape index (κ1) is 15.3. The Balaban J connectivity index is 1.60. The average Bonchev–Trinajstić information content (AvgIpc) is 3.11. The third-order valence-electron chi connectivity index (χ3n) is 4.81. The quantitative estimate of drug-likeness (QED) is 0.849. The molecular formula is C18H26N2O2. The number of carbonyl (C=O) groups excluding carboxylic acids is 1. The summed E-state index contributed by atoms with van der Waals surface area (Å²) in [4.78, 5) is 14.8. The van der Waals surface area contributed by atoms with Gasteiger partial charge in [0.2, 0.25) is 5.91 Å². The molecular weight excluding hydrogens is 276 g/mol. The van der Waals surface area contributed by atoms with Gasteiger partial charge in [-0.05, 0) is 57.3 Å². The monoisotopic (exact) mass is 302 g/mol. The Morgan fingerprint density at radius 3 is 2.86 bits per heavy atom. The zero-order valence-corrected chi connectivity index (χ0v) is 13.2. The van der Waals surface area contributed by atoms with E-state index in [1.165, 1.54) is 19.3 Å². The molecule has 120 valence electrons. The molecule has 0 aromatic carbocycles. The van der Waals surface area contributed by atoms with Crippen LogP contribution in [0.25, 0.3) is 0 Å². The van der Waals surface area contributed by atoms with Crippen LogP contribution in [0.4, 0.5) is 0 Å². The van der Waals surface area contributed by atoms with Crippen molar-refractivity contribution < 1.29 is 9.21 Å². The molecule has 1 aliphatic heterocycles. The van der Waals surface area contributed by atoms with Crippen molar-refractivity contribution in [3.8, 4) is 0 Å². The molecule has 1 aliphatic carbocycles. The van der Waals surface area contributed by atoms with Crippen molar-refractivity contribution in [1.29, 1.82) is 0 Å². The van der Waals surface area contributed by atoms with E-state index in [1.54, 1.807) is 6.26 Å². The number of nitrogens with zero attached hydrogens (tertiary/aromatic N) is 1. The predicted molar refractivity (Wildman–Crippen MR) is 86.4 cm³/mol. The first-order chi connectivity index (χ1) is 10.8. The SMILES string of the molecule is O=C(NC[C@H](c1ccco1)N1CCCCC1)[C@H]1CC=CCC1. The van der Waals surface area contributed by atoms with Crippen molar-refractivity contribution in [3.05, 3.63) is 36.3 Å². The van der Waals surface area contributed by atoms with Crippen molar-refractivity contribution in [2.24, 2.45) is 5.92 Å². The summed E-state index contributed by atoms with van der Waals surface area (Å²) in [7, 11) is 0. The highest BCUT2D eigenvalue weighted by molar-refractivity contribution is 5.79. The first-order valence-corrected chi connectivity index (χ1v) is 8.55. The van der Waals surface area contributed by atoms with E-state index in [9.17, 15) is 4.79 Å². The Hall–Kier alpha value is -1.55. The summed E-state index contributed by atoms with van der Waals surface area (Å²) < 4.78 is 5.62. The van der Waals surface area contributed by atoms with Gasteiger partial charge in [-0.25, -0.2) is 0 Å². The zero-order valence-electron chi connectivity index (χ0n) is 13.2. The fraction of sp³-hybridized carbons (Fsp3) is 0.611. The number of piperidine rings is 1. The molecule has 1 amide bonds. The number of hydrogen-bond donors (Lipinski definition) is 1. The Morgan fingerprint density at radius 1 is 1.32 bits per heavy atom. The van der Waals surface area contributed by atoms with Gasteiger partial charge in [-0.3, -0.25) is 9.69 Å². The fourth-order valence-electron chi connectivity index (χ4n) is 3.49. The number of nitrogens with one attached hydrogen (secondary N) is 1. The number of carbonyl (C=O) groups is 1. The smallest absolute Gasteiger partial charge is 0.223 e. The van der Waals surface area contributed by atoms with Gasteiger partial charge >= 0.3 is 0 Å². The molecule has 0 bridgehead atoms. The standard InChI is InChI=1S/C18H26N2O2/c21-18(15-8-3-1-4-9-15)19-14-16(17-10-7-13-22-17)20-11-5-2-6-12-20/h1,3,7,10,13,15-16H,2,4-6,8-9,11-12,14H2,(H,19,21)/t15-,16+/m0/s1. The largest absolute Gasteiger partial charge is 0.468 e. The fourth-order valence-corrected chi connectivity index (χ4v) is 3.49. The van der Waals surface area contributed by atoms with Crippen molar-refractivity contribution in [1.82, 2.24) is 10.2 Å². The molecule has 2 atom stereocenters. The molecule has 22 heavy (non-hydrogen) atoms. The summed E-state index contributed by atoms with van der Waals surface area (Å²) >= 11 is 0. The van der Waals surface area contributed by atoms with E-state index in [-0.39, 0.29) is 17.9 Å². The van der Waals surface area contributed by atoms with Gasteiger partial charge in [0.1, 0.15) is 5.76 Å². The Labute approximate surface area is 132 Å². The summed E-state index contributed by atoms with van der Waals surface area (Å²) in [5.74, 6) is 1.30. The lowest BCUT2D eigenvalue weighted by atomic mass is 9.93. The van der Waals surface area contributed by atoms with E-state index in [0.29, 0.717) is 6.54 Å². The summed E-state index contributed by atoms with van der Waals surface area (Å²) in [6.07, 6.45) is 12.7. The molecule has 1 aromatic heterocycles. The van der Waals surface area contributed by atoms with Crippen LogP contribution in [0.2, 0.25) is 0 Å². The summed E-state index contributed by atoms with van der Waals surface area (Å²) in [5, 5.41) is 3.16. The van der Waals surface area contributed by atoms with Crippen LogP contribution in [0, 0.1) is 5.92 Å². The molecule has 4 heteroatoms. The number of allylic oxidation sites excluding steroid dienone is 2. The number of likely N-dealkylation sites (tertiary alicyclic amines) is 1. The van der Waals surface area contributed by atoms with Crippen molar-refractivity contribution in [2.45, 2.75) is 44.6 Å². The van der Waals surface area contributed by atoms with Gasteiger partial charge < -0.3 is 9.73 Å². The molecule has 1 aromatic rings. The van der Waals surface area contributed by atoms with Crippen LogP contribution in [0.5, 0.6) is 0 Å². The number of hydrogen-bond acceptors (Lipinski definition) is 3. The van der Waals surface area contributed by atoms with E-state index in [0.717, 1.165) is 38.1 Å². The maximum atomic E-state index is 12.4. The van der Waals surface area contributed by atoms with E-state index >= 15 is 0 Å². The second-order valence-electron chi connectivity index (χ2n) is 6.35. The molecule has 1 N–H and O–H groups in total. The van der Waals surface area contributed by atoms with Gasteiger partial charge in [-0.2, -0.15) is 0 Å². The van der Waals surface area contributed by atoms with Gasteiger partial charge in [-0.15, -0.1) is 0 Å². The molecule has 1 fully saturated rings. The second-order valence-corrected chi connectivity index (χ2v) is 6.35.